The summed E-state index contributed by atoms with van der Waals surface area (Å²) in [6, 6.07) is 4.95. The lowest BCUT2D eigenvalue weighted by Gasteiger charge is -2.07. The van der Waals surface area contributed by atoms with Gasteiger partial charge in [0.15, 0.2) is 6.29 Å². The summed E-state index contributed by atoms with van der Waals surface area (Å²) in [5.41, 5.74) is 0.866. The highest BCUT2D eigenvalue weighted by atomic mass is 35.5. The molecule has 1 rings (SSSR count). The maximum Gasteiger partial charge on any atom is 0.224 e. The van der Waals surface area contributed by atoms with Gasteiger partial charge in [-0.15, -0.1) is 0 Å². The fourth-order valence-electron chi connectivity index (χ4n) is 1.18. The minimum atomic E-state index is -0.0950. The number of benzene rings is 1. The largest absolute Gasteiger partial charge is 0.325 e. The Kier molecular flexibility index (Phi) is 4.31. The average Bonchev–Trinajstić information content (AvgIpc) is 2.21. The maximum absolute atomic E-state index is 11.3. The van der Waals surface area contributed by atoms with Crippen molar-refractivity contribution in [2.45, 2.75) is 19.8 Å². The summed E-state index contributed by atoms with van der Waals surface area (Å²) in [7, 11) is 0. The van der Waals surface area contributed by atoms with Crippen LogP contribution in [0.25, 0.3) is 0 Å². The summed E-state index contributed by atoms with van der Waals surface area (Å²) in [5, 5.41) is 2.94. The average molecular weight is 226 g/mol. The lowest BCUT2D eigenvalue weighted by molar-refractivity contribution is -0.116. The van der Waals surface area contributed by atoms with Gasteiger partial charge in [-0.1, -0.05) is 30.7 Å². The first-order valence-corrected chi connectivity index (χ1v) is 5.10. The van der Waals surface area contributed by atoms with Gasteiger partial charge in [0.05, 0.1) is 10.7 Å². The third-order valence-electron chi connectivity index (χ3n) is 1.91. The minimum Gasteiger partial charge on any atom is -0.325 e. The van der Waals surface area contributed by atoms with E-state index in [0.29, 0.717) is 24.0 Å². The summed E-state index contributed by atoms with van der Waals surface area (Å²) in [4.78, 5) is 21.9. The van der Waals surface area contributed by atoms with E-state index in [1.165, 1.54) is 0 Å². The molecule has 0 aromatic heterocycles. The van der Waals surface area contributed by atoms with Crippen LogP contribution in [0.1, 0.15) is 30.1 Å². The predicted octanol–water partition coefficient (Wildman–Crippen LogP) is 2.89. The zero-order valence-electron chi connectivity index (χ0n) is 8.42. The molecule has 0 atom stereocenters. The van der Waals surface area contributed by atoms with Crippen molar-refractivity contribution >= 4 is 29.5 Å². The number of halogens is 1. The van der Waals surface area contributed by atoms with Gasteiger partial charge in [-0.2, -0.15) is 0 Å². The number of anilines is 1. The summed E-state index contributed by atoms with van der Waals surface area (Å²) >= 11 is 5.91. The fraction of sp³-hybridized carbons (Fsp3) is 0.273. The molecule has 0 heterocycles. The Labute approximate surface area is 93.4 Å². The first-order valence-electron chi connectivity index (χ1n) is 4.72. The van der Waals surface area contributed by atoms with E-state index in [1.54, 1.807) is 18.2 Å². The van der Waals surface area contributed by atoms with Crippen LogP contribution in [0.3, 0.4) is 0 Å². The molecule has 1 amide bonds. The monoisotopic (exact) mass is 225 g/mol. The van der Waals surface area contributed by atoms with Crippen LogP contribution < -0.4 is 5.32 Å². The number of carbonyl (C=O) groups excluding carboxylic acids is 2. The highest BCUT2D eigenvalue weighted by molar-refractivity contribution is 6.36. The van der Waals surface area contributed by atoms with Gasteiger partial charge < -0.3 is 5.32 Å². The molecule has 4 heteroatoms. The van der Waals surface area contributed by atoms with Crippen molar-refractivity contribution in [3.05, 3.63) is 28.8 Å². The number of carbonyl (C=O) groups is 2. The van der Waals surface area contributed by atoms with Crippen molar-refractivity contribution in [3.8, 4) is 0 Å². The van der Waals surface area contributed by atoms with Crippen LogP contribution in [0, 0.1) is 0 Å². The van der Waals surface area contributed by atoms with E-state index in [0.717, 1.165) is 6.42 Å². The molecule has 0 saturated carbocycles. The molecule has 15 heavy (non-hydrogen) atoms. The van der Waals surface area contributed by atoms with Crippen LogP contribution in [0.4, 0.5) is 5.69 Å². The lowest BCUT2D eigenvalue weighted by atomic mass is 10.2. The lowest BCUT2D eigenvalue weighted by Crippen LogP contribution is -2.11. The summed E-state index contributed by atoms with van der Waals surface area (Å²) in [6.07, 6.45) is 1.89. The Morgan fingerprint density at radius 2 is 2.27 bits per heavy atom. The highest BCUT2D eigenvalue weighted by Crippen LogP contribution is 2.24. The molecule has 0 unspecified atom stereocenters. The molecular weight excluding hydrogens is 214 g/mol. The van der Waals surface area contributed by atoms with E-state index < -0.39 is 0 Å². The SMILES string of the molecule is CCCC(=O)Nc1cccc(C=O)c1Cl. The van der Waals surface area contributed by atoms with Gasteiger partial charge in [0.2, 0.25) is 5.91 Å². The van der Waals surface area contributed by atoms with Gasteiger partial charge in [-0.25, -0.2) is 0 Å². The Hall–Kier alpha value is -1.35. The zero-order chi connectivity index (χ0) is 11.3. The van der Waals surface area contributed by atoms with E-state index in [9.17, 15) is 9.59 Å². The molecule has 0 spiro atoms. The number of hydrogen-bond acceptors (Lipinski definition) is 2. The molecule has 0 saturated heterocycles. The molecule has 0 bridgehead atoms. The van der Waals surface area contributed by atoms with Gasteiger partial charge in [0, 0.05) is 12.0 Å². The van der Waals surface area contributed by atoms with Crippen molar-refractivity contribution in [1.29, 1.82) is 0 Å². The molecule has 0 aliphatic rings. The van der Waals surface area contributed by atoms with Crippen LogP contribution in [0.15, 0.2) is 18.2 Å². The zero-order valence-corrected chi connectivity index (χ0v) is 9.17. The summed E-state index contributed by atoms with van der Waals surface area (Å²) < 4.78 is 0. The third kappa shape index (κ3) is 3.06. The highest BCUT2D eigenvalue weighted by Gasteiger charge is 2.07. The van der Waals surface area contributed by atoms with Gasteiger partial charge in [-0.05, 0) is 12.5 Å². The van der Waals surface area contributed by atoms with Crippen LogP contribution in [0.5, 0.6) is 0 Å². The first-order chi connectivity index (χ1) is 7.19. The van der Waals surface area contributed by atoms with E-state index in [1.807, 2.05) is 6.92 Å². The van der Waals surface area contributed by atoms with Crippen molar-refractivity contribution in [2.75, 3.05) is 5.32 Å². The van der Waals surface area contributed by atoms with E-state index in [2.05, 4.69) is 5.32 Å². The maximum atomic E-state index is 11.3. The Balaban J connectivity index is 2.85. The Bertz CT molecular complexity index is 377. The second-order valence-corrected chi connectivity index (χ2v) is 3.50. The standard InChI is InChI=1S/C11H12ClNO2/c1-2-4-10(15)13-9-6-3-5-8(7-14)11(9)12/h3,5-7H,2,4H2,1H3,(H,13,15). The molecule has 80 valence electrons. The molecule has 0 fully saturated rings. The third-order valence-corrected chi connectivity index (χ3v) is 2.33. The molecule has 1 N–H and O–H groups in total. The fourth-order valence-corrected chi connectivity index (χ4v) is 1.39. The number of aldehydes is 1. The number of hydrogen-bond donors (Lipinski definition) is 1. The number of nitrogens with one attached hydrogen (secondary N) is 1. The molecule has 0 radical (unpaired) electrons. The molecule has 1 aromatic carbocycles. The van der Waals surface area contributed by atoms with Crippen LogP contribution in [-0.4, -0.2) is 12.2 Å². The Morgan fingerprint density at radius 3 is 2.87 bits per heavy atom. The van der Waals surface area contributed by atoms with Crippen LogP contribution in [-0.2, 0) is 4.79 Å². The smallest absolute Gasteiger partial charge is 0.224 e. The van der Waals surface area contributed by atoms with Gasteiger partial charge in [0.1, 0.15) is 0 Å². The summed E-state index contributed by atoms with van der Waals surface area (Å²) in [5.74, 6) is -0.0950. The van der Waals surface area contributed by atoms with E-state index in [-0.39, 0.29) is 10.9 Å². The van der Waals surface area contributed by atoms with Gasteiger partial charge in [-0.3, -0.25) is 9.59 Å². The van der Waals surface area contributed by atoms with Crippen molar-refractivity contribution < 1.29 is 9.59 Å². The van der Waals surface area contributed by atoms with Crippen molar-refractivity contribution in [1.82, 2.24) is 0 Å². The van der Waals surface area contributed by atoms with Crippen LogP contribution in [0.2, 0.25) is 5.02 Å². The molecule has 1 aromatic rings. The quantitative estimate of drug-likeness (QED) is 0.801. The van der Waals surface area contributed by atoms with Gasteiger partial charge >= 0.3 is 0 Å². The minimum absolute atomic E-state index is 0.0950. The predicted molar refractivity (Wildman–Crippen MR) is 60.4 cm³/mol. The molecule has 0 aliphatic carbocycles. The second kappa shape index (κ2) is 5.51. The second-order valence-electron chi connectivity index (χ2n) is 3.12. The van der Waals surface area contributed by atoms with Crippen molar-refractivity contribution in [2.24, 2.45) is 0 Å². The first kappa shape index (κ1) is 11.7. The van der Waals surface area contributed by atoms with Crippen LogP contribution >= 0.6 is 11.6 Å². The van der Waals surface area contributed by atoms with Gasteiger partial charge in [0.25, 0.3) is 0 Å². The van der Waals surface area contributed by atoms with E-state index >= 15 is 0 Å². The number of amides is 1. The number of rotatable bonds is 4. The molecule has 0 aliphatic heterocycles. The topological polar surface area (TPSA) is 46.2 Å². The van der Waals surface area contributed by atoms with E-state index in [4.69, 9.17) is 11.6 Å². The summed E-state index contributed by atoms with van der Waals surface area (Å²) in [6.45, 7) is 1.92. The van der Waals surface area contributed by atoms with Crippen molar-refractivity contribution in [3.63, 3.8) is 0 Å². The molecular formula is C11H12ClNO2. The Morgan fingerprint density at radius 1 is 1.53 bits per heavy atom. The molecule has 3 nitrogen and oxygen atoms in total. The normalized spacial score (nSPS) is 9.73.